The van der Waals surface area contributed by atoms with Gasteiger partial charge in [-0.1, -0.05) is 18.9 Å². The maximum absolute atomic E-state index is 2.25. The summed E-state index contributed by atoms with van der Waals surface area (Å²) in [6, 6.07) is 6.49. The molecular formula is C12H17BN2. The quantitative estimate of drug-likeness (QED) is 0.635. The van der Waals surface area contributed by atoms with Crippen LogP contribution in [0.25, 0.3) is 0 Å². The van der Waals surface area contributed by atoms with Gasteiger partial charge in [-0.25, -0.2) is 0 Å². The van der Waals surface area contributed by atoms with E-state index in [0.717, 1.165) is 0 Å². The average Bonchev–Trinajstić information content (AvgIpc) is 2.23. The first kappa shape index (κ1) is 10.2. The van der Waals surface area contributed by atoms with E-state index in [2.05, 4.69) is 68.1 Å². The molecule has 0 aliphatic carbocycles. The highest BCUT2D eigenvalue weighted by Gasteiger charge is 2.21. The summed E-state index contributed by atoms with van der Waals surface area (Å²) in [5.41, 5.74) is 4.06. The standard InChI is InChI=1S/C12H17BN2/c1-13-8-9-15(4)11-7-5-6-10(12(11)13)14(2)3/h5-9H,1-4H3. The zero-order valence-corrected chi connectivity index (χ0v) is 9.86. The van der Waals surface area contributed by atoms with Crippen LogP contribution in [0, 0.1) is 0 Å². The number of anilines is 2. The minimum Gasteiger partial charge on any atom is -0.378 e. The second kappa shape index (κ2) is 3.65. The molecule has 15 heavy (non-hydrogen) atoms. The molecule has 0 saturated carbocycles. The van der Waals surface area contributed by atoms with Gasteiger partial charge in [-0.15, -0.1) is 0 Å². The molecule has 0 fully saturated rings. The van der Waals surface area contributed by atoms with Crippen molar-refractivity contribution < 1.29 is 0 Å². The van der Waals surface area contributed by atoms with Crippen molar-refractivity contribution in [3.05, 3.63) is 30.4 Å². The second-order valence-corrected chi connectivity index (χ2v) is 4.35. The summed E-state index contributed by atoms with van der Waals surface area (Å²) in [6.07, 6.45) is 2.15. The third kappa shape index (κ3) is 1.62. The number of hydrogen-bond acceptors (Lipinski definition) is 2. The van der Waals surface area contributed by atoms with Crippen LogP contribution in [-0.2, 0) is 0 Å². The van der Waals surface area contributed by atoms with Gasteiger partial charge in [0.05, 0.1) is 0 Å². The highest BCUT2D eigenvalue weighted by molar-refractivity contribution is 6.79. The predicted molar refractivity (Wildman–Crippen MR) is 69.6 cm³/mol. The SMILES string of the molecule is CB1C=CN(C)c2cccc(N(C)C)c21. The molecule has 0 bridgehead atoms. The first-order valence-corrected chi connectivity index (χ1v) is 5.32. The van der Waals surface area contributed by atoms with Crippen molar-refractivity contribution in [2.24, 2.45) is 0 Å². The van der Waals surface area contributed by atoms with Gasteiger partial charge in [0.1, 0.15) is 0 Å². The Bertz CT molecular complexity index is 399. The monoisotopic (exact) mass is 200 g/mol. The van der Waals surface area contributed by atoms with E-state index in [-0.39, 0.29) is 0 Å². The van der Waals surface area contributed by atoms with Gasteiger partial charge in [0.15, 0.2) is 0 Å². The fourth-order valence-electron chi connectivity index (χ4n) is 2.14. The van der Waals surface area contributed by atoms with Crippen molar-refractivity contribution in [3.63, 3.8) is 0 Å². The van der Waals surface area contributed by atoms with Crippen LogP contribution >= 0.6 is 0 Å². The molecule has 3 heteroatoms. The van der Waals surface area contributed by atoms with Crippen molar-refractivity contribution in [3.8, 4) is 0 Å². The lowest BCUT2D eigenvalue weighted by molar-refractivity contribution is 1.13. The molecule has 0 radical (unpaired) electrons. The van der Waals surface area contributed by atoms with Gasteiger partial charge in [0.2, 0.25) is 6.71 Å². The molecule has 0 N–H and O–H groups in total. The molecule has 78 valence electrons. The van der Waals surface area contributed by atoms with E-state index in [0.29, 0.717) is 6.71 Å². The Morgan fingerprint density at radius 1 is 1.27 bits per heavy atom. The first-order valence-electron chi connectivity index (χ1n) is 5.32. The van der Waals surface area contributed by atoms with Crippen molar-refractivity contribution >= 4 is 23.6 Å². The summed E-state index contributed by atoms with van der Waals surface area (Å²) < 4.78 is 0. The second-order valence-electron chi connectivity index (χ2n) is 4.35. The largest absolute Gasteiger partial charge is 0.378 e. The molecule has 0 amide bonds. The van der Waals surface area contributed by atoms with Gasteiger partial charge in [-0.2, -0.15) is 0 Å². The Kier molecular flexibility index (Phi) is 2.47. The highest BCUT2D eigenvalue weighted by atomic mass is 15.1. The Labute approximate surface area is 92.3 Å². The topological polar surface area (TPSA) is 6.48 Å². The molecule has 1 aliphatic heterocycles. The fourth-order valence-corrected chi connectivity index (χ4v) is 2.14. The van der Waals surface area contributed by atoms with Gasteiger partial charge >= 0.3 is 0 Å². The normalized spacial score (nSPS) is 14.1. The van der Waals surface area contributed by atoms with Crippen molar-refractivity contribution in [1.29, 1.82) is 0 Å². The highest BCUT2D eigenvalue weighted by Crippen LogP contribution is 2.22. The summed E-state index contributed by atoms with van der Waals surface area (Å²) >= 11 is 0. The Balaban J connectivity index is 2.60. The molecule has 1 aliphatic rings. The smallest absolute Gasteiger partial charge is 0.204 e. The molecule has 0 saturated heterocycles. The van der Waals surface area contributed by atoms with Gasteiger partial charge < -0.3 is 9.80 Å². The number of hydrogen-bond donors (Lipinski definition) is 0. The molecule has 2 rings (SSSR count). The van der Waals surface area contributed by atoms with E-state index in [4.69, 9.17) is 0 Å². The van der Waals surface area contributed by atoms with Gasteiger partial charge in [-0.05, 0) is 23.8 Å². The molecule has 2 nitrogen and oxygen atoms in total. The third-order valence-corrected chi connectivity index (χ3v) is 2.98. The minimum atomic E-state index is 0.495. The molecule has 0 aromatic heterocycles. The van der Waals surface area contributed by atoms with Crippen LogP contribution in [0.2, 0.25) is 6.82 Å². The van der Waals surface area contributed by atoms with Crippen LogP contribution in [-0.4, -0.2) is 27.9 Å². The van der Waals surface area contributed by atoms with Crippen LogP contribution in [0.4, 0.5) is 11.4 Å². The number of benzene rings is 1. The third-order valence-electron chi connectivity index (χ3n) is 2.98. The lowest BCUT2D eigenvalue weighted by Crippen LogP contribution is -2.38. The first-order chi connectivity index (χ1) is 7.11. The maximum Gasteiger partial charge on any atom is 0.204 e. The van der Waals surface area contributed by atoms with E-state index >= 15 is 0 Å². The summed E-state index contributed by atoms with van der Waals surface area (Å²) in [5, 5.41) is 0. The van der Waals surface area contributed by atoms with Crippen LogP contribution < -0.4 is 15.3 Å². The Morgan fingerprint density at radius 2 is 2.00 bits per heavy atom. The number of fused-ring (bicyclic) bond motifs is 1. The van der Waals surface area contributed by atoms with Gasteiger partial charge in [0, 0.05) is 32.5 Å². The zero-order valence-electron chi connectivity index (χ0n) is 9.86. The molecular weight excluding hydrogens is 183 g/mol. The van der Waals surface area contributed by atoms with Crippen LogP contribution in [0.3, 0.4) is 0 Å². The lowest BCUT2D eigenvalue weighted by Gasteiger charge is -2.29. The van der Waals surface area contributed by atoms with E-state index in [1.807, 2.05) is 0 Å². The van der Waals surface area contributed by atoms with Crippen LogP contribution in [0.1, 0.15) is 0 Å². The summed E-state index contributed by atoms with van der Waals surface area (Å²) in [4.78, 5) is 4.37. The van der Waals surface area contributed by atoms with Crippen molar-refractivity contribution in [1.82, 2.24) is 0 Å². The zero-order chi connectivity index (χ0) is 11.0. The van der Waals surface area contributed by atoms with Crippen LogP contribution in [0.5, 0.6) is 0 Å². The molecule has 1 heterocycles. The Morgan fingerprint density at radius 3 is 2.67 bits per heavy atom. The Hall–Kier alpha value is -1.38. The molecule has 0 atom stereocenters. The van der Waals surface area contributed by atoms with E-state index in [9.17, 15) is 0 Å². The molecule has 1 aromatic rings. The average molecular weight is 200 g/mol. The molecule has 1 aromatic carbocycles. The van der Waals surface area contributed by atoms with E-state index in [1.54, 1.807) is 0 Å². The molecule has 0 unspecified atom stereocenters. The van der Waals surface area contributed by atoms with Crippen molar-refractivity contribution in [2.75, 3.05) is 30.9 Å². The van der Waals surface area contributed by atoms with Crippen LogP contribution in [0.15, 0.2) is 30.4 Å². The predicted octanol–water partition coefficient (Wildman–Crippen LogP) is 1.59. The van der Waals surface area contributed by atoms with Gasteiger partial charge in [0.25, 0.3) is 0 Å². The maximum atomic E-state index is 2.25. The minimum absolute atomic E-state index is 0.495. The van der Waals surface area contributed by atoms with E-state index < -0.39 is 0 Å². The number of rotatable bonds is 1. The van der Waals surface area contributed by atoms with Crippen molar-refractivity contribution in [2.45, 2.75) is 6.82 Å². The lowest BCUT2D eigenvalue weighted by atomic mass is 9.45. The summed E-state index contributed by atoms with van der Waals surface area (Å²) in [7, 11) is 6.29. The van der Waals surface area contributed by atoms with E-state index in [1.165, 1.54) is 16.8 Å². The molecule has 0 spiro atoms. The van der Waals surface area contributed by atoms with Gasteiger partial charge in [-0.3, -0.25) is 0 Å². The summed E-state index contributed by atoms with van der Waals surface area (Å²) in [5.74, 6) is 2.25. The summed E-state index contributed by atoms with van der Waals surface area (Å²) in [6.45, 7) is 2.74. The number of nitrogens with zero attached hydrogens (tertiary/aromatic N) is 2. The fraction of sp³-hybridized carbons (Fsp3) is 0.333.